The van der Waals surface area contributed by atoms with Crippen LogP contribution in [-0.4, -0.2) is 19.5 Å². The van der Waals surface area contributed by atoms with Gasteiger partial charge in [0.1, 0.15) is 0 Å². The molecule has 0 aliphatic heterocycles. The summed E-state index contributed by atoms with van der Waals surface area (Å²) in [5.74, 6) is 0.0238. The van der Waals surface area contributed by atoms with Crippen LogP contribution in [0.3, 0.4) is 0 Å². The minimum Gasteiger partial charge on any atom is -0.346 e. The monoisotopic (exact) mass is 220 g/mol. The minimum absolute atomic E-state index is 0.0238. The van der Waals surface area contributed by atoms with Gasteiger partial charge in [0.25, 0.3) is 0 Å². The largest absolute Gasteiger partial charge is 0.346 e. The Morgan fingerprint density at radius 3 is 2.44 bits per heavy atom. The van der Waals surface area contributed by atoms with E-state index in [1.54, 1.807) is 7.05 Å². The molecule has 1 rings (SSSR count). The zero-order chi connectivity index (χ0) is 12.0. The van der Waals surface area contributed by atoms with E-state index in [2.05, 4.69) is 24.5 Å². The molecule has 3 nitrogen and oxygen atoms in total. The molecule has 16 heavy (non-hydrogen) atoms. The van der Waals surface area contributed by atoms with Crippen LogP contribution >= 0.6 is 0 Å². The van der Waals surface area contributed by atoms with Gasteiger partial charge in [-0.3, -0.25) is 4.79 Å². The third-order valence-corrected chi connectivity index (χ3v) is 2.87. The Morgan fingerprint density at radius 1 is 1.31 bits per heavy atom. The van der Waals surface area contributed by atoms with Gasteiger partial charge >= 0.3 is 0 Å². The number of nitrogens with one attached hydrogen (secondary N) is 2. The van der Waals surface area contributed by atoms with Crippen molar-refractivity contribution in [3.63, 3.8) is 0 Å². The molecule has 2 N–H and O–H groups in total. The predicted octanol–water partition coefficient (Wildman–Crippen LogP) is 1.65. The summed E-state index contributed by atoms with van der Waals surface area (Å²) in [5, 5.41) is 5.91. The van der Waals surface area contributed by atoms with Gasteiger partial charge in [0.2, 0.25) is 5.91 Å². The molecule has 88 valence electrons. The van der Waals surface area contributed by atoms with Crippen molar-refractivity contribution in [3.8, 4) is 0 Å². The highest BCUT2D eigenvalue weighted by molar-refractivity contribution is 5.79. The summed E-state index contributed by atoms with van der Waals surface area (Å²) < 4.78 is 0. The second-order valence-electron chi connectivity index (χ2n) is 4.13. The van der Waals surface area contributed by atoms with E-state index in [-0.39, 0.29) is 11.4 Å². The number of carbonyl (C=O) groups excluding carboxylic acids is 1. The van der Waals surface area contributed by atoms with Crippen molar-refractivity contribution in [1.82, 2.24) is 10.6 Å². The molecule has 3 heteroatoms. The lowest BCUT2D eigenvalue weighted by molar-refractivity contribution is -0.122. The van der Waals surface area contributed by atoms with Gasteiger partial charge in [0.05, 0.1) is 12.1 Å². The Labute approximate surface area is 97.2 Å². The molecular weight excluding hydrogens is 200 g/mol. The van der Waals surface area contributed by atoms with Crippen LogP contribution in [0.25, 0.3) is 0 Å². The molecule has 0 radical (unpaired) electrons. The first-order valence-corrected chi connectivity index (χ1v) is 5.63. The molecule has 1 aromatic rings. The maximum absolute atomic E-state index is 11.6. The van der Waals surface area contributed by atoms with Crippen molar-refractivity contribution >= 4 is 5.91 Å². The summed E-state index contributed by atoms with van der Waals surface area (Å²) in [6.45, 7) is 4.48. The highest BCUT2D eigenvalue weighted by Crippen LogP contribution is 2.23. The SMILES string of the molecule is CC[C@@](C)(NC(=O)CNC)c1ccccc1. The van der Waals surface area contributed by atoms with Crippen LogP contribution in [0, 0.1) is 0 Å². The van der Waals surface area contributed by atoms with Crippen molar-refractivity contribution in [2.75, 3.05) is 13.6 Å². The molecule has 0 spiro atoms. The Hall–Kier alpha value is -1.35. The van der Waals surface area contributed by atoms with E-state index in [4.69, 9.17) is 0 Å². The van der Waals surface area contributed by atoms with Crippen LogP contribution in [0.4, 0.5) is 0 Å². The zero-order valence-electron chi connectivity index (χ0n) is 10.2. The van der Waals surface area contributed by atoms with Crippen LogP contribution in [0.15, 0.2) is 30.3 Å². The van der Waals surface area contributed by atoms with Gasteiger partial charge < -0.3 is 10.6 Å². The quantitative estimate of drug-likeness (QED) is 0.792. The summed E-state index contributed by atoms with van der Waals surface area (Å²) in [6, 6.07) is 10.1. The molecule has 0 fully saturated rings. The predicted molar refractivity (Wildman–Crippen MR) is 66.2 cm³/mol. The van der Waals surface area contributed by atoms with Crippen LogP contribution in [0.1, 0.15) is 25.8 Å². The summed E-state index contributed by atoms with van der Waals surface area (Å²) in [7, 11) is 1.77. The van der Waals surface area contributed by atoms with E-state index in [1.807, 2.05) is 30.3 Å². The molecule has 0 saturated heterocycles. The molecule has 0 heterocycles. The highest BCUT2D eigenvalue weighted by atomic mass is 16.2. The topological polar surface area (TPSA) is 41.1 Å². The first-order chi connectivity index (χ1) is 7.62. The molecule has 0 aromatic heterocycles. The fourth-order valence-electron chi connectivity index (χ4n) is 1.68. The fraction of sp³-hybridized carbons (Fsp3) is 0.462. The lowest BCUT2D eigenvalue weighted by Crippen LogP contribution is -2.46. The third kappa shape index (κ3) is 3.07. The average molecular weight is 220 g/mol. The number of benzene rings is 1. The lowest BCUT2D eigenvalue weighted by atomic mass is 9.89. The average Bonchev–Trinajstić information content (AvgIpc) is 2.30. The van der Waals surface area contributed by atoms with Crippen molar-refractivity contribution in [2.45, 2.75) is 25.8 Å². The molecule has 1 aromatic carbocycles. The maximum Gasteiger partial charge on any atom is 0.234 e. The Balaban J connectivity index is 2.82. The molecule has 1 atom stereocenters. The van der Waals surface area contributed by atoms with Crippen LogP contribution < -0.4 is 10.6 Å². The number of hydrogen-bond acceptors (Lipinski definition) is 2. The molecule has 0 aliphatic rings. The fourth-order valence-corrected chi connectivity index (χ4v) is 1.68. The summed E-state index contributed by atoms with van der Waals surface area (Å²) >= 11 is 0. The van der Waals surface area contributed by atoms with Gasteiger partial charge in [-0.05, 0) is 26.0 Å². The van der Waals surface area contributed by atoms with Gasteiger partial charge in [-0.1, -0.05) is 37.3 Å². The van der Waals surface area contributed by atoms with Crippen molar-refractivity contribution in [1.29, 1.82) is 0 Å². The van der Waals surface area contributed by atoms with Gasteiger partial charge in [-0.2, -0.15) is 0 Å². The van der Waals surface area contributed by atoms with E-state index in [1.165, 1.54) is 0 Å². The Morgan fingerprint density at radius 2 is 1.94 bits per heavy atom. The van der Waals surface area contributed by atoms with Gasteiger partial charge in [0, 0.05) is 0 Å². The van der Waals surface area contributed by atoms with Crippen molar-refractivity contribution in [3.05, 3.63) is 35.9 Å². The van der Waals surface area contributed by atoms with E-state index >= 15 is 0 Å². The van der Waals surface area contributed by atoms with E-state index in [0.717, 1.165) is 12.0 Å². The number of carbonyl (C=O) groups is 1. The first-order valence-electron chi connectivity index (χ1n) is 5.63. The Bertz CT molecular complexity index is 337. The Kier molecular flexibility index (Phi) is 4.50. The molecule has 0 saturated carbocycles. The summed E-state index contributed by atoms with van der Waals surface area (Å²) in [4.78, 5) is 11.6. The van der Waals surface area contributed by atoms with Crippen LogP contribution in [0.2, 0.25) is 0 Å². The lowest BCUT2D eigenvalue weighted by Gasteiger charge is -2.30. The summed E-state index contributed by atoms with van der Waals surface area (Å²) in [6.07, 6.45) is 0.868. The van der Waals surface area contributed by atoms with Gasteiger partial charge in [-0.15, -0.1) is 0 Å². The minimum atomic E-state index is -0.283. The maximum atomic E-state index is 11.6. The molecular formula is C13H20N2O. The third-order valence-electron chi connectivity index (χ3n) is 2.87. The van der Waals surface area contributed by atoms with E-state index in [9.17, 15) is 4.79 Å². The van der Waals surface area contributed by atoms with E-state index in [0.29, 0.717) is 6.54 Å². The number of likely N-dealkylation sites (N-methyl/N-ethyl adjacent to an activating group) is 1. The van der Waals surface area contributed by atoms with Gasteiger partial charge in [-0.25, -0.2) is 0 Å². The standard InChI is InChI=1S/C13H20N2O/c1-4-13(2,15-12(16)10-14-3)11-8-6-5-7-9-11/h5-9,14H,4,10H2,1-3H3,(H,15,16)/t13-/m1/s1. The van der Waals surface area contributed by atoms with E-state index < -0.39 is 0 Å². The normalized spacial score (nSPS) is 14.2. The second-order valence-corrected chi connectivity index (χ2v) is 4.13. The van der Waals surface area contributed by atoms with Crippen LogP contribution in [-0.2, 0) is 10.3 Å². The van der Waals surface area contributed by atoms with Crippen molar-refractivity contribution < 1.29 is 4.79 Å². The molecule has 1 amide bonds. The number of rotatable bonds is 5. The van der Waals surface area contributed by atoms with Gasteiger partial charge in [0.15, 0.2) is 0 Å². The highest BCUT2D eigenvalue weighted by Gasteiger charge is 2.25. The smallest absolute Gasteiger partial charge is 0.234 e. The van der Waals surface area contributed by atoms with Crippen molar-refractivity contribution in [2.24, 2.45) is 0 Å². The number of hydrogen-bond donors (Lipinski definition) is 2. The van der Waals surface area contributed by atoms with Crippen LogP contribution in [0.5, 0.6) is 0 Å². The second kappa shape index (κ2) is 5.66. The molecule has 0 unspecified atom stereocenters. The number of amides is 1. The molecule has 0 bridgehead atoms. The zero-order valence-corrected chi connectivity index (χ0v) is 10.2. The summed E-state index contributed by atoms with van der Waals surface area (Å²) in [5.41, 5.74) is 0.858. The first kappa shape index (κ1) is 12.7. The molecule has 0 aliphatic carbocycles.